The molecule has 0 spiro atoms. The molecule has 0 saturated carbocycles. The second-order valence-electron chi connectivity index (χ2n) is 6.88. The summed E-state index contributed by atoms with van der Waals surface area (Å²) < 4.78 is 0. The molecule has 26 heavy (non-hydrogen) atoms. The van der Waals surface area contributed by atoms with Crippen molar-refractivity contribution in [1.29, 1.82) is 0 Å². The Balaban J connectivity index is 2.22. The van der Waals surface area contributed by atoms with Crippen LogP contribution in [0.3, 0.4) is 0 Å². The number of nitrogens with zero attached hydrogens (tertiary/aromatic N) is 1. The van der Waals surface area contributed by atoms with Crippen LogP contribution >= 0.6 is 0 Å². The van der Waals surface area contributed by atoms with Crippen molar-refractivity contribution in [2.45, 2.75) is 84.5 Å². The molecule has 0 saturated heterocycles. The second-order valence-corrected chi connectivity index (χ2v) is 6.88. The van der Waals surface area contributed by atoms with E-state index in [0.29, 0.717) is 29.8 Å². The third-order valence-electron chi connectivity index (χ3n) is 4.75. The first kappa shape index (κ1) is 22.2. The summed E-state index contributed by atoms with van der Waals surface area (Å²) in [7, 11) is 0. The van der Waals surface area contributed by atoms with E-state index in [1.165, 1.54) is 51.4 Å². The van der Waals surface area contributed by atoms with Crippen molar-refractivity contribution >= 4 is 11.6 Å². The Morgan fingerprint density at radius 3 is 1.96 bits per heavy atom. The van der Waals surface area contributed by atoms with Crippen LogP contribution in [0, 0.1) is 0 Å². The fourth-order valence-electron chi connectivity index (χ4n) is 3.16. The highest BCUT2D eigenvalue weighted by Crippen LogP contribution is 2.13. The smallest absolute Gasteiger partial charge is 0.251 e. The van der Waals surface area contributed by atoms with Crippen LogP contribution in [0.1, 0.15) is 100 Å². The van der Waals surface area contributed by atoms with Gasteiger partial charge in [0.2, 0.25) is 0 Å². The highest BCUT2D eigenvalue weighted by molar-refractivity contribution is 6.10. The molecular weight excluding hydrogens is 324 g/mol. The number of hydrogen-bond acceptors (Lipinski definition) is 3. The molecule has 0 aliphatic carbocycles. The Hall–Kier alpha value is -1.84. The van der Waals surface area contributed by atoms with Gasteiger partial charge < -0.3 is 10.5 Å². The van der Waals surface area contributed by atoms with Crippen LogP contribution in [0.2, 0.25) is 0 Å². The lowest BCUT2D eigenvalue weighted by atomic mass is 10.0. The molecule has 0 aliphatic heterocycles. The van der Waals surface area contributed by atoms with Gasteiger partial charge >= 0.3 is 0 Å². The number of carbonyl (C=O) groups excluding carboxylic acids is 1. The maximum absolute atomic E-state index is 12.4. The maximum atomic E-state index is 12.4. The molecule has 1 aromatic rings. The topological polar surface area (TPSA) is 61.7 Å². The van der Waals surface area contributed by atoms with E-state index in [9.17, 15) is 4.79 Å². The molecule has 0 aliphatic rings. The minimum atomic E-state index is -0.0916. The predicted molar refractivity (Wildman–Crippen MR) is 109 cm³/mol. The number of nitrogens with one attached hydrogen (secondary N) is 1. The van der Waals surface area contributed by atoms with Gasteiger partial charge in [-0.05, 0) is 18.9 Å². The van der Waals surface area contributed by atoms with Crippen LogP contribution in [0.25, 0.3) is 0 Å². The standard InChI is InChI=1S/C22H36N2O2/c1-3-5-6-7-8-9-10-11-12-15-18-23-22(25)20-17-14-13-16-19(20)21(4-2)24-26/h13-14,16-17,26H,3-12,15,18H2,1-2H3,(H,23,25). The number of amides is 1. The maximum Gasteiger partial charge on any atom is 0.251 e. The summed E-state index contributed by atoms with van der Waals surface area (Å²) in [5.74, 6) is -0.0916. The van der Waals surface area contributed by atoms with Gasteiger partial charge in [0, 0.05) is 17.7 Å². The zero-order valence-electron chi connectivity index (χ0n) is 16.6. The zero-order valence-corrected chi connectivity index (χ0v) is 16.6. The van der Waals surface area contributed by atoms with E-state index in [4.69, 9.17) is 5.21 Å². The largest absolute Gasteiger partial charge is 0.411 e. The monoisotopic (exact) mass is 360 g/mol. The molecule has 1 amide bonds. The summed E-state index contributed by atoms with van der Waals surface area (Å²) >= 11 is 0. The van der Waals surface area contributed by atoms with E-state index in [2.05, 4.69) is 17.4 Å². The Kier molecular flexibility index (Phi) is 12.2. The SMILES string of the molecule is CCCCCCCCCCCCNC(=O)c1ccccc1C(CC)=NO. The fraction of sp³-hybridized carbons (Fsp3) is 0.636. The third-order valence-corrected chi connectivity index (χ3v) is 4.75. The van der Waals surface area contributed by atoms with Gasteiger partial charge in [-0.25, -0.2) is 0 Å². The fourth-order valence-corrected chi connectivity index (χ4v) is 3.16. The van der Waals surface area contributed by atoms with E-state index in [0.717, 1.165) is 12.8 Å². The highest BCUT2D eigenvalue weighted by Gasteiger charge is 2.14. The molecule has 0 aromatic heterocycles. The molecule has 0 radical (unpaired) electrons. The van der Waals surface area contributed by atoms with Crippen molar-refractivity contribution in [2.24, 2.45) is 5.16 Å². The van der Waals surface area contributed by atoms with Crippen LogP contribution in [0.4, 0.5) is 0 Å². The normalized spacial score (nSPS) is 11.5. The molecule has 0 bridgehead atoms. The zero-order chi connectivity index (χ0) is 19.0. The van der Waals surface area contributed by atoms with Crippen molar-refractivity contribution in [3.05, 3.63) is 35.4 Å². The molecule has 0 heterocycles. The number of rotatable bonds is 14. The van der Waals surface area contributed by atoms with E-state index in [1.54, 1.807) is 6.07 Å². The molecule has 0 fully saturated rings. The van der Waals surface area contributed by atoms with Crippen molar-refractivity contribution in [1.82, 2.24) is 5.32 Å². The average Bonchev–Trinajstić information content (AvgIpc) is 2.67. The molecule has 4 heteroatoms. The van der Waals surface area contributed by atoms with Crippen molar-refractivity contribution < 1.29 is 10.0 Å². The molecule has 4 nitrogen and oxygen atoms in total. The average molecular weight is 361 g/mol. The van der Waals surface area contributed by atoms with E-state index in [-0.39, 0.29) is 5.91 Å². The van der Waals surface area contributed by atoms with Crippen LogP contribution in [0.5, 0.6) is 0 Å². The molecule has 146 valence electrons. The summed E-state index contributed by atoms with van der Waals surface area (Å²) in [6, 6.07) is 7.30. The van der Waals surface area contributed by atoms with Crippen LogP contribution in [0.15, 0.2) is 29.4 Å². The Labute approximate surface area is 159 Å². The highest BCUT2D eigenvalue weighted by atomic mass is 16.4. The number of benzene rings is 1. The number of carbonyl (C=O) groups is 1. The van der Waals surface area contributed by atoms with Crippen LogP contribution < -0.4 is 5.32 Å². The summed E-state index contributed by atoms with van der Waals surface area (Å²) in [6.07, 6.45) is 13.4. The Bertz CT molecular complexity index is 541. The lowest BCUT2D eigenvalue weighted by Gasteiger charge is -2.10. The van der Waals surface area contributed by atoms with Crippen molar-refractivity contribution in [2.75, 3.05) is 6.54 Å². The van der Waals surface area contributed by atoms with Gasteiger partial charge in [-0.15, -0.1) is 0 Å². The predicted octanol–water partition coefficient (Wildman–Crippen LogP) is 5.93. The van der Waals surface area contributed by atoms with E-state index >= 15 is 0 Å². The van der Waals surface area contributed by atoms with Crippen LogP contribution in [-0.4, -0.2) is 23.4 Å². The van der Waals surface area contributed by atoms with Gasteiger partial charge in [0.25, 0.3) is 5.91 Å². The quantitative estimate of drug-likeness (QED) is 0.187. The lowest BCUT2D eigenvalue weighted by Crippen LogP contribution is -2.26. The summed E-state index contributed by atoms with van der Waals surface area (Å²) in [5, 5.41) is 15.4. The second kappa shape index (κ2) is 14.3. The first-order chi connectivity index (χ1) is 12.7. The molecule has 0 unspecified atom stereocenters. The summed E-state index contributed by atoms with van der Waals surface area (Å²) in [5.41, 5.74) is 1.82. The summed E-state index contributed by atoms with van der Waals surface area (Å²) in [4.78, 5) is 12.4. The van der Waals surface area contributed by atoms with Gasteiger partial charge in [0.05, 0.1) is 5.71 Å². The third kappa shape index (κ3) is 8.50. The Morgan fingerprint density at radius 1 is 0.885 bits per heavy atom. The van der Waals surface area contributed by atoms with Gasteiger partial charge in [-0.3, -0.25) is 4.79 Å². The first-order valence-electron chi connectivity index (χ1n) is 10.3. The minimum absolute atomic E-state index is 0.0916. The Morgan fingerprint density at radius 2 is 1.42 bits per heavy atom. The number of oxime groups is 1. The number of hydrogen-bond donors (Lipinski definition) is 2. The first-order valence-corrected chi connectivity index (χ1v) is 10.3. The lowest BCUT2D eigenvalue weighted by molar-refractivity contribution is 0.0952. The molecular formula is C22H36N2O2. The molecule has 2 N–H and O–H groups in total. The van der Waals surface area contributed by atoms with Crippen molar-refractivity contribution in [3.63, 3.8) is 0 Å². The van der Waals surface area contributed by atoms with Gasteiger partial charge in [-0.1, -0.05) is 95.0 Å². The van der Waals surface area contributed by atoms with E-state index in [1.807, 2.05) is 25.1 Å². The van der Waals surface area contributed by atoms with Gasteiger partial charge in [-0.2, -0.15) is 0 Å². The molecule has 0 atom stereocenters. The van der Waals surface area contributed by atoms with Gasteiger partial charge in [0.15, 0.2) is 0 Å². The molecule has 1 aromatic carbocycles. The van der Waals surface area contributed by atoms with Crippen LogP contribution in [-0.2, 0) is 0 Å². The van der Waals surface area contributed by atoms with Gasteiger partial charge in [0.1, 0.15) is 0 Å². The molecule has 1 rings (SSSR count). The van der Waals surface area contributed by atoms with E-state index < -0.39 is 0 Å². The minimum Gasteiger partial charge on any atom is -0.411 e. The van der Waals surface area contributed by atoms with Crippen molar-refractivity contribution in [3.8, 4) is 0 Å². The number of unbranched alkanes of at least 4 members (excludes halogenated alkanes) is 9. The summed E-state index contributed by atoms with van der Waals surface area (Å²) in [6.45, 7) is 4.86.